The summed E-state index contributed by atoms with van der Waals surface area (Å²) in [4.78, 5) is 0. The maximum atomic E-state index is 13.7. The summed E-state index contributed by atoms with van der Waals surface area (Å²) >= 11 is 0. The van der Waals surface area contributed by atoms with Crippen LogP contribution in [0.3, 0.4) is 0 Å². The summed E-state index contributed by atoms with van der Waals surface area (Å²) in [5.41, 5.74) is 13.6. The van der Waals surface area contributed by atoms with Crippen LogP contribution in [0.5, 0.6) is 0 Å². The molecule has 16 nitrogen and oxygen atoms in total. The number of alkyl halides is 3. The lowest BCUT2D eigenvalue weighted by molar-refractivity contribution is -0.405. The second-order valence-corrected chi connectivity index (χ2v) is 9.35. The Labute approximate surface area is 213 Å². The van der Waals surface area contributed by atoms with Crippen molar-refractivity contribution in [2.45, 2.75) is 97.6 Å². The Bertz CT molecular complexity index is 786. The molecule has 0 radical (unpaired) electrons. The van der Waals surface area contributed by atoms with Crippen molar-refractivity contribution < 1.29 is 77.7 Å². The lowest BCUT2D eigenvalue weighted by atomic mass is 9.85. The predicted octanol–water partition coefficient (Wildman–Crippen LogP) is -6.74. The van der Waals surface area contributed by atoms with Gasteiger partial charge in [0.1, 0.15) is 48.8 Å². The van der Waals surface area contributed by atoms with Crippen LogP contribution in [0, 0.1) is 0 Å². The van der Waals surface area contributed by atoms with E-state index in [1.54, 1.807) is 0 Å². The zero-order valence-electron chi connectivity index (χ0n) is 19.7. The van der Waals surface area contributed by atoms with Gasteiger partial charge in [-0.15, -0.1) is 0 Å². The van der Waals surface area contributed by atoms with E-state index in [0.717, 1.165) is 0 Å². The first-order valence-electron chi connectivity index (χ1n) is 11.5. The molecule has 14 N–H and O–H groups in total. The molecule has 224 valence electrons. The van der Waals surface area contributed by atoms with Crippen LogP contribution < -0.4 is 17.2 Å². The summed E-state index contributed by atoms with van der Waals surface area (Å²) in [5, 5.41) is 79.8. The molecule has 0 bridgehead atoms. The molecule has 2 unspecified atom stereocenters. The van der Waals surface area contributed by atoms with Crippen LogP contribution in [0.4, 0.5) is 13.2 Å². The highest BCUT2D eigenvalue weighted by atomic mass is 19.4. The summed E-state index contributed by atoms with van der Waals surface area (Å²) in [6.07, 6.45) is -25.4. The lowest BCUT2D eigenvalue weighted by Gasteiger charge is -2.51. The number of rotatable bonds is 7. The molecule has 0 amide bonds. The first-order valence-corrected chi connectivity index (χ1v) is 11.5. The Kier molecular flexibility index (Phi) is 9.96. The monoisotopic (exact) mass is 569 g/mol. The first-order chi connectivity index (χ1) is 17.6. The van der Waals surface area contributed by atoms with Crippen molar-refractivity contribution in [1.82, 2.24) is 0 Å². The van der Waals surface area contributed by atoms with Crippen LogP contribution >= 0.6 is 0 Å². The normalized spacial score (nSPS) is 50.7. The van der Waals surface area contributed by atoms with Gasteiger partial charge in [-0.1, -0.05) is 0 Å². The van der Waals surface area contributed by atoms with E-state index in [9.17, 15) is 54.0 Å². The van der Waals surface area contributed by atoms with Gasteiger partial charge in [0, 0.05) is 0 Å². The van der Waals surface area contributed by atoms with Crippen LogP contribution in [-0.2, 0) is 23.7 Å². The fraction of sp³-hybridized carbons (Fsp3) is 1.00. The van der Waals surface area contributed by atoms with Crippen LogP contribution in [0.1, 0.15) is 0 Å². The van der Waals surface area contributed by atoms with E-state index in [4.69, 9.17) is 40.9 Å². The zero-order valence-corrected chi connectivity index (χ0v) is 19.7. The van der Waals surface area contributed by atoms with Crippen molar-refractivity contribution >= 4 is 0 Å². The van der Waals surface area contributed by atoms with Crippen molar-refractivity contribution in [3.63, 3.8) is 0 Å². The van der Waals surface area contributed by atoms with Crippen LogP contribution in [0.15, 0.2) is 0 Å². The van der Waals surface area contributed by atoms with Gasteiger partial charge in [0.15, 0.2) is 18.9 Å². The molecule has 3 aliphatic heterocycles. The number of aliphatic hydroxyl groups is 8. The van der Waals surface area contributed by atoms with Gasteiger partial charge >= 0.3 is 6.18 Å². The van der Waals surface area contributed by atoms with E-state index in [2.05, 4.69) is 0 Å². The Balaban J connectivity index is 1.80. The third-order valence-electron chi connectivity index (χ3n) is 6.95. The second kappa shape index (κ2) is 11.9. The average Bonchev–Trinajstić information content (AvgIpc) is 2.87. The minimum absolute atomic E-state index is 0.748. The molecule has 0 aromatic rings. The third kappa shape index (κ3) is 5.52. The van der Waals surface area contributed by atoms with Gasteiger partial charge in [0.05, 0.1) is 37.9 Å². The number of hydrogen-bond donors (Lipinski definition) is 11. The van der Waals surface area contributed by atoms with Gasteiger partial charge in [-0.05, 0) is 0 Å². The molecule has 3 heterocycles. The molecule has 15 atom stereocenters. The predicted molar refractivity (Wildman–Crippen MR) is 112 cm³/mol. The van der Waals surface area contributed by atoms with E-state index in [1.165, 1.54) is 0 Å². The Hall–Kier alpha value is -0.850. The van der Waals surface area contributed by atoms with Gasteiger partial charge in [0.2, 0.25) is 5.60 Å². The summed E-state index contributed by atoms with van der Waals surface area (Å²) in [5.74, 6) is 0. The highest BCUT2D eigenvalue weighted by Gasteiger charge is 2.67. The quantitative estimate of drug-likeness (QED) is 0.136. The molecule has 0 aromatic carbocycles. The van der Waals surface area contributed by atoms with E-state index >= 15 is 0 Å². The molecule has 3 saturated heterocycles. The van der Waals surface area contributed by atoms with Gasteiger partial charge in [-0.3, -0.25) is 0 Å². The Morgan fingerprint density at radius 1 is 0.711 bits per heavy atom. The van der Waals surface area contributed by atoms with Crippen LogP contribution in [-0.4, -0.2) is 158 Å². The molecule has 19 heteroatoms. The number of hydrogen-bond acceptors (Lipinski definition) is 16. The molecule has 0 saturated carbocycles. The van der Waals surface area contributed by atoms with Gasteiger partial charge in [0.25, 0.3) is 0 Å². The molecule has 0 aromatic heterocycles. The topological polar surface area (TPSA) is 286 Å². The van der Waals surface area contributed by atoms with Crippen molar-refractivity contribution in [3.8, 4) is 0 Å². The van der Waals surface area contributed by atoms with E-state index in [-0.39, 0.29) is 0 Å². The minimum atomic E-state index is -5.40. The van der Waals surface area contributed by atoms with Crippen LogP contribution in [0.2, 0.25) is 0 Å². The van der Waals surface area contributed by atoms with Crippen LogP contribution in [0.25, 0.3) is 0 Å². The van der Waals surface area contributed by atoms with E-state index in [1.807, 2.05) is 0 Å². The molecular formula is C19H34F3N3O13. The number of nitrogens with two attached hydrogens (primary N) is 3. The standard InChI is InChI=1S/C19H34F3N3O13/c20-19(21,22)18(3-28)14(32)11(31)8(25)17(38-18)37-13-5(2-27)35-16(7(24)10(13)30)36-12-4(1-26)34-15(33)6(23)9(12)29/h4-17,26-33H,1-3,23-25H2/t4-,5-,6-,7-,8-,9-,10-,11-,12?,13?,14+,15-,16+,17+,18-/m1/s1. The maximum Gasteiger partial charge on any atom is 0.422 e. The van der Waals surface area contributed by atoms with E-state index < -0.39 is 117 Å². The fourth-order valence-electron chi connectivity index (χ4n) is 4.53. The van der Waals surface area contributed by atoms with E-state index in [0.29, 0.717) is 0 Å². The number of halogens is 3. The number of ether oxygens (including phenoxy) is 5. The SMILES string of the molecule is N[C@H]1[C@@H](OC2[C@@H](CO)O[C@@H](OC3[C@@H](CO)O[C@@H](O)[C@H](N)[C@H]3O)[C@H](N)[C@H]2O)O[C@@](CO)(C(F)(F)F)[C@@H](O)[C@@H]1O. The summed E-state index contributed by atoms with van der Waals surface area (Å²) in [6.45, 7) is -3.50. The smallest absolute Gasteiger partial charge is 0.394 e. The largest absolute Gasteiger partial charge is 0.422 e. The second-order valence-electron chi connectivity index (χ2n) is 9.35. The summed E-state index contributed by atoms with van der Waals surface area (Å²) in [6, 6.07) is -4.76. The van der Waals surface area contributed by atoms with Crippen molar-refractivity contribution in [2.75, 3.05) is 19.8 Å². The molecular weight excluding hydrogens is 535 g/mol. The zero-order chi connectivity index (χ0) is 28.7. The highest BCUT2D eigenvalue weighted by molar-refractivity contribution is 5.06. The lowest BCUT2D eigenvalue weighted by Crippen LogP contribution is -2.74. The highest BCUT2D eigenvalue weighted by Crippen LogP contribution is 2.43. The maximum absolute atomic E-state index is 13.7. The fourth-order valence-corrected chi connectivity index (χ4v) is 4.53. The molecule has 3 aliphatic rings. The third-order valence-corrected chi connectivity index (χ3v) is 6.95. The van der Waals surface area contributed by atoms with Gasteiger partial charge in [-0.25, -0.2) is 0 Å². The molecule has 3 fully saturated rings. The average molecular weight is 569 g/mol. The summed E-state index contributed by atoms with van der Waals surface area (Å²) < 4.78 is 67.5. The van der Waals surface area contributed by atoms with Crippen molar-refractivity contribution in [1.29, 1.82) is 0 Å². The summed E-state index contributed by atoms with van der Waals surface area (Å²) in [7, 11) is 0. The first kappa shape index (κ1) is 31.7. The van der Waals surface area contributed by atoms with Gasteiger partial charge in [-0.2, -0.15) is 13.2 Å². The molecule has 38 heavy (non-hydrogen) atoms. The van der Waals surface area contributed by atoms with Crippen molar-refractivity contribution in [3.05, 3.63) is 0 Å². The van der Waals surface area contributed by atoms with Gasteiger partial charge < -0.3 is 81.7 Å². The Morgan fingerprint density at radius 3 is 1.68 bits per heavy atom. The molecule has 0 aliphatic carbocycles. The molecule has 3 rings (SSSR count). The molecule has 0 spiro atoms. The Morgan fingerprint density at radius 2 is 1.18 bits per heavy atom. The minimum Gasteiger partial charge on any atom is -0.394 e. The number of aliphatic hydroxyl groups excluding tert-OH is 8. The van der Waals surface area contributed by atoms with Crippen molar-refractivity contribution in [2.24, 2.45) is 17.2 Å².